The molecule has 1 aromatic carbocycles. The molecule has 1 aliphatic carbocycles. The number of amides is 1. The molecule has 1 atom stereocenters. The summed E-state index contributed by atoms with van der Waals surface area (Å²) in [5, 5.41) is 11.6. The Hall–Kier alpha value is -2.37. The Kier molecular flexibility index (Phi) is 5.14. The number of rotatable bonds is 8. The van der Waals surface area contributed by atoms with Crippen LogP contribution in [0, 0.1) is 5.92 Å². The van der Waals surface area contributed by atoms with Gasteiger partial charge in [0.25, 0.3) is 5.91 Å². The zero-order chi connectivity index (χ0) is 16.1. The van der Waals surface area contributed by atoms with Crippen molar-refractivity contribution in [2.24, 2.45) is 5.92 Å². The van der Waals surface area contributed by atoms with Crippen LogP contribution in [0.25, 0.3) is 0 Å². The van der Waals surface area contributed by atoms with Crippen molar-refractivity contribution in [2.45, 2.75) is 32.2 Å². The molecule has 22 heavy (non-hydrogen) atoms. The molecule has 1 aliphatic rings. The van der Waals surface area contributed by atoms with Gasteiger partial charge in [-0.3, -0.25) is 9.59 Å². The fourth-order valence-corrected chi connectivity index (χ4v) is 2.10. The predicted molar refractivity (Wildman–Crippen MR) is 78.8 cm³/mol. The second kappa shape index (κ2) is 7.06. The lowest BCUT2D eigenvalue weighted by Crippen LogP contribution is -2.43. The lowest BCUT2D eigenvalue weighted by Gasteiger charge is -2.14. The highest BCUT2D eigenvalue weighted by Gasteiger charge is 2.30. The molecule has 2 rings (SSSR count). The first-order chi connectivity index (χ1) is 10.5. The molecule has 0 heterocycles. The molecule has 1 saturated carbocycles. The third kappa shape index (κ3) is 4.87. The number of carbonyl (C=O) groups is 3. The Labute approximate surface area is 128 Å². The van der Waals surface area contributed by atoms with Crippen molar-refractivity contribution >= 4 is 17.7 Å². The van der Waals surface area contributed by atoms with Gasteiger partial charge < -0.3 is 15.2 Å². The van der Waals surface area contributed by atoms with Crippen molar-refractivity contribution < 1.29 is 24.2 Å². The predicted octanol–water partition coefficient (Wildman–Crippen LogP) is 1.64. The van der Waals surface area contributed by atoms with Crippen molar-refractivity contribution in [3.05, 3.63) is 29.8 Å². The molecule has 0 aliphatic heterocycles. The Morgan fingerprint density at radius 3 is 2.68 bits per heavy atom. The summed E-state index contributed by atoms with van der Waals surface area (Å²) in [4.78, 5) is 34.1. The quantitative estimate of drug-likeness (QED) is 0.712. The van der Waals surface area contributed by atoms with Gasteiger partial charge in [-0.1, -0.05) is 25.0 Å². The largest absolute Gasteiger partial charge is 0.484 e. The third-order valence-corrected chi connectivity index (χ3v) is 3.51. The molecular weight excluding hydrogens is 286 g/mol. The highest BCUT2D eigenvalue weighted by atomic mass is 16.5. The van der Waals surface area contributed by atoms with Crippen molar-refractivity contribution in [2.75, 3.05) is 6.61 Å². The first-order valence-corrected chi connectivity index (χ1v) is 7.21. The number of benzene rings is 1. The number of nitrogens with one attached hydrogen (secondary N) is 1. The number of hydrogen-bond donors (Lipinski definition) is 2. The standard InChI is InChI=1S/C16H19NO5/c1-10(18)12-3-2-4-13(8-12)22-9-15(19)17-14(16(20)21)7-11-5-6-11/h2-4,8,11,14H,5-7,9H2,1H3,(H,17,19)(H,20,21). The SMILES string of the molecule is CC(=O)c1cccc(OCC(=O)NC(CC2CC2)C(=O)O)c1. The van der Waals surface area contributed by atoms with Crippen molar-refractivity contribution in [1.82, 2.24) is 5.32 Å². The Morgan fingerprint density at radius 1 is 1.36 bits per heavy atom. The number of Topliss-reactive ketones (excluding diaryl/α,β-unsaturated/α-hetero) is 1. The first-order valence-electron chi connectivity index (χ1n) is 7.21. The summed E-state index contributed by atoms with van der Waals surface area (Å²) < 4.78 is 5.30. The van der Waals surface area contributed by atoms with Gasteiger partial charge >= 0.3 is 5.97 Å². The van der Waals surface area contributed by atoms with Gasteiger partial charge in [0.05, 0.1) is 0 Å². The second-order valence-corrected chi connectivity index (χ2v) is 5.51. The zero-order valence-corrected chi connectivity index (χ0v) is 12.4. The fourth-order valence-electron chi connectivity index (χ4n) is 2.10. The zero-order valence-electron chi connectivity index (χ0n) is 12.4. The lowest BCUT2D eigenvalue weighted by atomic mass is 10.1. The molecule has 1 amide bonds. The van der Waals surface area contributed by atoms with Crippen LogP contribution in [-0.4, -0.2) is 35.4 Å². The molecule has 0 spiro atoms. The number of carboxylic acid groups (broad SMARTS) is 1. The van der Waals surface area contributed by atoms with E-state index in [-0.39, 0.29) is 12.4 Å². The lowest BCUT2D eigenvalue weighted by molar-refractivity contribution is -0.142. The summed E-state index contributed by atoms with van der Waals surface area (Å²) in [5.41, 5.74) is 0.495. The minimum absolute atomic E-state index is 0.0923. The van der Waals surface area contributed by atoms with Gasteiger partial charge in [-0.05, 0) is 31.4 Å². The van der Waals surface area contributed by atoms with Crippen LogP contribution < -0.4 is 10.1 Å². The average molecular weight is 305 g/mol. The molecule has 118 valence electrons. The first kappa shape index (κ1) is 16.0. The summed E-state index contributed by atoms with van der Waals surface area (Å²) in [6.07, 6.45) is 2.50. The van der Waals surface area contributed by atoms with Crippen LogP contribution in [0.1, 0.15) is 36.5 Å². The van der Waals surface area contributed by atoms with Crippen LogP contribution >= 0.6 is 0 Å². The Balaban J connectivity index is 1.84. The smallest absolute Gasteiger partial charge is 0.326 e. The molecule has 1 unspecified atom stereocenters. The van der Waals surface area contributed by atoms with Crippen molar-refractivity contribution in [3.63, 3.8) is 0 Å². The molecule has 6 heteroatoms. The van der Waals surface area contributed by atoms with Gasteiger partial charge in [-0.25, -0.2) is 4.79 Å². The van der Waals surface area contributed by atoms with Gasteiger partial charge in [0.15, 0.2) is 12.4 Å². The minimum atomic E-state index is -1.03. The van der Waals surface area contributed by atoms with E-state index < -0.39 is 17.9 Å². The maximum Gasteiger partial charge on any atom is 0.326 e. The maximum absolute atomic E-state index is 11.8. The van der Waals surface area contributed by atoms with E-state index in [1.54, 1.807) is 24.3 Å². The van der Waals surface area contributed by atoms with E-state index in [1.165, 1.54) is 6.92 Å². The summed E-state index contributed by atoms with van der Waals surface area (Å²) in [7, 11) is 0. The summed E-state index contributed by atoms with van der Waals surface area (Å²) in [5.74, 6) is -0.808. The number of carboxylic acids is 1. The van der Waals surface area contributed by atoms with Crippen LogP contribution in [0.3, 0.4) is 0 Å². The summed E-state index contributed by atoms with van der Waals surface area (Å²) in [6.45, 7) is 1.16. The number of aliphatic carboxylic acids is 1. The normalized spacial score (nSPS) is 15.0. The Morgan fingerprint density at radius 2 is 2.09 bits per heavy atom. The minimum Gasteiger partial charge on any atom is -0.484 e. The molecular formula is C16H19NO5. The molecule has 0 radical (unpaired) electrons. The molecule has 1 aromatic rings. The van der Waals surface area contributed by atoms with E-state index in [0.717, 1.165) is 12.8 Å². The van der Waals surface area contributed by atoms with Crippen LogP contribution in [0.2, 0.25) is 0 Å². The van der Waals surface area contributed by atoms with Gasteiger partial charge in [0.1, 0.15) is 11.8 Å². The van der Waals surface area contributed by atoms with Crippen LogP contribution in [-0.2, 0) is 9.59 Å². The van der Waals surface area contributed by atoms with E-state index in [2.05, 4.69) is 5.32 Å². The number of ether oxygens (including phenoxy) is 1. The summed E-state index contributed by atoms with van der Waals surface area (Å²) >= 11 is 0. The van der Waals surface area contributed by atoms with E-state index in [9.17, 15) is 14.4 Å². The summed E-state index contributed by atoms with van der Waals surface area (Å²) in [6, 6.07) is 5.64. The van der Waals surface area contributed by atoms with Crippen LogP contribution in [0.15, 0.2) is 24.3 Å². The molecule has 0 saturated heterocycles. The van der Waals surface area contributed by atoms with Gasteiger partial charge in [0, 0.05) is 5.56 Å². The van der Waals surface area contributed by atoms with E-state index in [1.807, 2.05) is 0 Å². The molecule has 0 aromatic heterocycles. The van der Waals surface area contributed by atoms with Crippen LogP contribution in [0.5, 0.6) is 5.75 Å². The van der Waals surface area contributed by atoms with Gasteiger partial charge in [0.2, 0.25) is 0 Å². The molecule has 2 N–H and O–H groups in total. The molecule has 1 fully saturated rings. The highest BCUT2D eigenvalue weighted by Crippen LogP contribution is 2.33. The number of carbonyl (C=O) groups excluding carboxylic acids is 2. The highest BCUT2D eigenvalue weighted by molar-refractivity contribution is 5.94. The van der Waals surface area contributed by atoms with Gasteiger partial charge in [-0.15, -0.1) is 0 Å². The van der Waals surface area contributed by atoms with Gasteiger partial charge in [-0.2, -0.15) is 0 Å². The van der Waals surface area contributed by atoms with Crippen molar-refractivity contribution in [3.8, 4) is 5.75 Å². The third-order valence-electron chi connectivity index (χ3n) is 3.51. The van der Waals surface area contributed by atoms with E-state index in [4.69, 9.17) is 9.84 Å². The average Bonchev–Trinajstić information content (AvgIpc) is 3.28. The van der Waals surface area contributed by atoms with Crippen LogP contribution in [0.4, 0.5) is 0 Å². The maximum atomic E-state index is 11.8. The fraction of sp³-hybridized carbons (Fsp3) is 0.438. The van der Waals surface area contributed by atoms with Crippen molar-refractivity contribution in [1.29, 1.82) is 0 Å². The van der Waals surface area contributed by atoms with E-state index in [0.29, 0.717) is 23.7 Å². The second-order valence-electron chi connectivity index (χ2n) is 5.51. The molecule has 0 bridgehead atoms. The molecule has 6 nitrogen and oxygen atoms in total. The Bertz CT molecular complexity index is 580. The monoisotopic (exact) mass is 305 g/mol. The van der Waals surface area contributed by atoms with E-state index >= 15 is 0 Å². The topological polar surface area (TPSA) is 92.7 Å². The number of ketones is 1. The number of hydrogen-bond acceptors (Lipinski definition) is 4.